The van der Waals surface area contributed by atoms with Crippen molar-refractivity contribution >= 4 is 68.6 Å². The van der Waals surface area contributed by atoms with Crippen LogP contribution in [0.4, 0.5) is 0 Å². The second-order valence-corrected chi connectivity index (χ2v) is 0. The average molecular weight is 473 g/mol. The van der Waals surface area contributed by atoms with E-state index in [4.69, 9.17) is 0 Å². The zero-order valence-electron chi connectivity index (χ0n) is 2.44. The molecule has 1 unspecified atom stereocenters. The van der Waals surface area contributed by atoms with Crippen LogP contribution in [0.15, 0.2) is 0 Å². The molecule has 4 heteroatoms. The van der Waals surface area contributed by atoms with E-state index in [2.05, 4.69) is 0 Å². The molecule has 0 aromatic rings. The van der Waals surface area contributed by atoms with E-state index >= 15 is 0 Å². The normalized spacial score (nSPS) is 0. The number of hydrogen-bond donors (Lipinski definition) is 0. The fourth-order valence-electron chi connectivity index (χ4n) is 0. The summed E-state index contributed by atoms with van der Waals surface area (Å²) >= 11 is 0. The van der Waals surface area contributed by atoms with Gasteiger partial charge in [0.2, 0.25) is 0 Å². The van der Waals surface area contributed by atoms with Crippen molar-refractivity contribution in [1.29, 1.82) is 0 Å². The van der Waals surface area contributed by atoms with Gasteiger partial charge < -0.3 is 0 Å². The Labute approximate surface area is 83.7 Å². The van der Waals surface area contributed by atoms with Crippen molar-refractivity contribution in [3.63, 3.8) is 0 Å². The van der Waals surface area contributed by atoms with E-state index in [0.29, 0.717) is 0 Å². The molecule has 0 amide bonds. The molecular weight excluding hydrogens is 464 g/mol. The monoisotopic (exact) mass is 472 g/mol. The Hall–Kier alpha value is 2.75. The standard InChI is InChI=1S/AsH3.Bi.Ni.Sb.6H/h1H3;;;;;;;;;. The quantitative estimate of drug-likeness (QED) is 0.320. The summed E-state index contributed by atoms with van der Waals surface area (Å²) in [6, 6.07) is 0. The van der Waals surface area contributed by atoms with Gasteiger partial charge in [-0.25, -0.2) is 0 Å². The molecular formula is H9AsBiNiSb. The molecule has 0 aliphatic heterocycles. The van der Waals surface area contributed by atoms with Gasteiger partial charge in [0, 0.05) is 16.5 Å². The molecule has 1 atom stereocenters. The minimum atomic E-state index is 0. The number of rotatable bonds is 0. The minimum absolute atomic E-state index is 0. The van der Waals surface area contributed by atoms with E-state index in [1.807, 2.05) is 0 Å². The number of hydrogen-bond acceptors (Lipinski definition) is 0. The van der Waals surface area contributed by atoms with Gasteiger partial charge in [-0.3, -0.25) is 0 Å². The van der Waals surface area contributed by atoms with Crippen LogP contribution in [0.25, 0.3) is 0 Å². The van der Waals surface area contributed by atoms with Crippen molar-refractivity contribution in [3.8, 4) is 0 Å². The predicted molar refractivity (Wildman–Crippen MR) is 29.8 cm³/mol. The summed E-state index contributed by atoms with van der Waals surface area (Å²) in [5, 5.41) is 0. The second-order valence-electron chi connectivity index (χ2n) is 0. The van der Waals surface area contributed by atoms with Crippen LogP contribution in [0, 0.1) is 0 Å². The third kappa shape index (κ3) is 8.83. The molecule has 0 fully saturated rings. The fraction of sp³-hybridized carbons (Fsp3) is 0. The average Bonchev–Trinajstić information content (AvgIpc) is 0. The molecule has 0 saturated carbocycles. The van der Waals surface area contributed by atoms with Gasteiger partial charge in [-0.15, -0.1) is 0 Å². The summed E-state index contributed by atoms with van der Waals surface area (Å²) in [6.07, 6.45) is 0. The zero-order valence-corrected chi connectivity index (χ0v) is 15.9. The molecule has 0 aliphatic carbocycles. The summed E-state index contributed by atoms with van der Waals surface area (Å²) in [4.78, 5) is 0. The van der Waals surface area contributed by atoms with E-state index in [1.165, 1.54) is 0 Å². The van der Waals surface area contributed by atoms with Crippen LogP contribution < -0.4 is 0 Å². The van der Waals surface area contributed by atoms with Gasteiger partial charge in [-0.1, -0.05) is 0 Å². The first-order valence-corrected chi connectivity index (χ1v) is 0. The van der Waals surface area contributed by atoms with Gasteiger partial charge in [0.25, 0.3) is 0 Å². The molecule has 0 aromatic carbocycles. The van der Waals surface area contributed by atoms with E-state index in [-0.39, 0.29) is 85.1 Å². The van der Waals surface area contributed by atoms with Gasteiger partial charge >= 0.3 is 68.6 Å². The van der Waals surface area contributed by atoms with Crippen molar-refractivity contribution in [3.05, 3.63) is 0 Å². The van der Waals surface area contributed by atoms with Gasteiger partial charge in [-0.05, 0) is 0 Å². The summed E-state index contributed by atoms with van der Waals surface area (Å²) in [5.41, 5.74) is 0. The van der Waals surface area contributed by atoms with Gasteiger partial charge in [0.05, 0.1) is 0 Å². The SMILES string of the molecule is [AsH3].[BiH3].[Ni].[SbH3]. The summed E-state index contributed by atoms with van der Waals surface area (Å²) in [7, 11) is 0. The Kier molecular flexibility index (Phi) is 126. The second kappa shape index (κ2) is 17.1. The van der Waals surface area contributed by atoms with Crippen molar-refractivity contribution in [2.24, 2.45) is 0 Å². The van der Waals surface area contributed by atoms with Crippen molar-refractivity contribution in [2.45, 2.75) is 0 Å². The van der Waals surface area contributed by atoms with Gasteiger partial charge in [0.15, 0.2) is 0 Å². The van der Waals surface area contributed by atoms with Crippen LogP contribution in [0.5, 0.6) is 0 Å². The molecule has 4 heavy (non-hydrogen) atoms. The van der Waals surface area contributed by atoms with E-state index < -0.39 is 0 Å². The van der Waals surface area contributed by atoms with Crippen LogP contribution >= 0.6 is 0 Å². The third-order valence-corrected chi connectivity index (χ3v) is 0. The Bertz CT molecular complexity index is 8.00. The topological polar surface area (TPSA) is 0 Å². The third-order valence-electron chi connectivity index (χ3n) is 0. The molecule has 0 radical (unpaired) electrons. The van der Waals surface area contributed by atoms with Crippen LogP contribution in [-0.4, -0.2) is 68.6 Å². The van der Waals surface area contributed by atoms with Gasteiger partial charge in [0.1, 0.15) is 0 Å². The molecule has 0 nitrogen and oxygen atoms in total. The molecule has 0 heterocycles. The molecule has 0 rings (SSSR count). The molecule has 0 spiro atoms. The van der Waals surface area contributed by atoms with Crippen molar-refractivity contribution in [1.82, 2.24) is 0 Å². The first kappa shape index (κ1) is 29.5. The molecule has 0 aromatic heterocycles. The van der Waals surface area contributed by atoms with Crippen molar-refractivity contribution in [2.75, 3.05) is 0 Å². The summed E-state index contributed by atoms with van der Waals surface area (Å²) in [6.45, 7) is 0. The Morgan fingerprint density at radius 2 is 1.00 bits per heavy atom. The fourth-order valence-corrected chi connectivity index (χ4v) is 0. The predicted octanol–water partition coefficient (Wildman–Crippen LogP) is -3.55. The Balaban J connectivity index is 0. The molecule has 0 saturated heterocycles. The first-order valence-electron chi connectivity index (χ1n) is 0. The van der Waals surface area contributed by atoms with Crippen LogP contribution in [0.1, 0.15) is 0 Å². The van der Waals surface area contributed by atoms with Gasteiger partial charge in [-0.2, -0.15) is 0 Å². The first-order chi connectivity index (χ1) is 0. The van der Waals surface area contributed by atoms with Crippen molar-refractivity contribution < 1.29 is 16.5 Å². The molecule has 34 valence electrons. The van der Waals surface area contributed by atoms with Crippen LogP contribution in [-0.2, 0) is 16.5 Å². The maximum absolute atomic E-state index is 0. The Morgan fingerprint density at radius 1 is 1.00 bits per heavy atom. The maximum atomic E-state index is 0. The Morgan fingerprint density at radius 3 is 1.00 bits per heavy atom. The summed E-state index contributed by atoms with van der Waals surface area (Å²) in [5.74, 6) is 0. The van der Waals surface area contributed by atoms with Crippen LogP contribution in [0.2, 0.25) is 0 Å². The van der Waals surface area contributed by atoms with E-state index in [0.717, 1.165) is 0 Å². The molecule has 0 bridgehead atoms. The molecule has 0 N–H and O–H groups in total. The zero-order chi connectivity index (χ0) is 0. The van der Waals surface area contributed by atoms with E-state index in [1.54, 1.807) is 0 Å². The van der Waals surface area contributed by atoms with Crippen LogP contribution in [0.3, 0.4) is 0 Å². The molecule has 0 aliphatic rings. The van der Waals surface area contributed by atoms with E-state index in [9.17, 15) is 0 Å². The summed E-state index contributed by atoms with van der Waals surface area (Å²) < 4.78 is 0.